The maximum Gasteiger partial charge on any atom is 0.248 e. The maximum atomic E-state index is 11.3. The highest BCUT2D eigenvalue weighted by molar-refractivity contribution is 5.89. The summed E-state index contributed by atoms with van der Waals surface area (Å²) in [5.74, 6) is 0.935. The van der Waals surface area contributed by atoms with Gasteiger partial charge in [0.05, 0.1) is 5.52 Å². The number of benzene rings is 1. The van der Waals surface area contributed by atoms with E-state index in [9.17, 15) is 4.79 Å². The van der Waals surface area contributed by atoms with E-state index in [2.05, 4.69) is 18.0 Å². The van der Waals surface area contributed by atoms with E-state index in [1.165, 1.54) is 5.56 Å². The Morgan fingerprint density at radius 3 is 3.06 bits per heavy atom. The number of hydrogen-bond acceptors (Lipinski definition) is 2. The molecule has 0 spiro atoms. The highest BCUT2D eigenvalue weighted by atomic mass is 16.5. The number of fused-ring (bicyclic) bond motifs is 3. The fourth-order valence-electron chi connectivity index (χ4n) is 2.39. The van der Waals surface area contributed by atoms with Crippen molar-refractivity contribution < 1.29 is 4.74 Å². The molecule has 1 unspecified atom stereocenters. The third-order valence-corrected chi connectivity index (χ3v) is 3.07. The van der Waals surface area contributed by atoms with Crippen LogP contribution in [0.1, 0.15) is 18.1 Å². The summed E-state index contributed by atoms with van der Waals surface area (Å²) in [7, 11) is 0. The molecule has 0 fully saturated rings. The zero-order valence-electron chi connectivity index (χ0n) is 9.33. The van der Waals surface area contributed by atoms with Gasteiger partial charge in [-0.15, -0.1) is 0 Å². The normalized spacial score (nSPS) is 18.5. The van der Waals surface area contributed by atoms with Crippen molar-refractivity contribution in [2.24, 2.45) is 0 Å². The fourth-order valence-corrected chi connectivity index (χ4v) is 2.39. The first-order valence-electron chi connectivity index (χ1n) is 5.47. The summed E-state index contributed by atoms with van der Waals surface area (Å²) in [6.45, 7) is 4.08. The summed E-state index contributed by atoms with van der Waals surface area (Å²) < 4.78 is 5.79. The van der Waals surface area contributed by atoms with Crippen LogP contribution < -0.4 is 10.3 Å². The van der Waals surface area contributed by atoms with Crippen molar-refractivity contribution in [1.29, 1.82) is 0 Å². The molecule has 2 heterocycles. The molecule has 0 saturated carbocycles. The van der Waals surface area contributed by atoms with Crippen molar-refractivity contribution in [2.45, 2.75) is 26.4 Å². The lowest BCUT2D eigenvalue weighted by molar-refractivity contribution is 0.257. The number of aryl methyl sites for hydroxylation is 1. The molecule has 1 N–H and O–H groups in total. The molecule has 3 heteroatoms. The summed E-state index contributed by atoms with van der Waals surface area (Å²) in [4.78, 5) is 14.2. The number of aromatic amines is 1. The van der Waals surface area contributed by atoms with Crippen molar-refractivity contribution in [2.75, 3.05) is 0 Å². The van der Waals surface area contributed by atoms with E-state index in [4.69, 9.17) is 4.74 Å². The van der Waals surface area contributed by atoms with Crippen LogP contribution in [0.3, 0.4) is 0 Å². The monoisotopic (exact) mass is 215 g/mol. The summed E-state index contributed by atoms with van der Waals surface area (Å²) in [5, 5.41) is 1.01. The molecule has 0 bridgehead atoms. The Morgan fingerprint density at radius 2 is 2.25 bits per heavy atom. The topological polar surface area (TPSA) is 42.1 Å². The number of aromatic nitrogens is 1. The van der Waals surface area contributed by atoms with Gasteiger partial charge in [-0.2, -0.15) is 0 Å². The van der Waals surface area contributed by atoms with Crippen molar-refractivity contribution in [3.05, 3.63) is 39.7 Å². The molecule has 3 nitrogen and oxygen atoms in total. The Labute approximate surface area is 93.1 Å². The molecular formula is C13H13NO2. The minimum Gasteiger partial charge on any atom is -0.489 e. The lowest BCUT2D eigenvalue weighted by Gasteiger charge is -2.08. The lowest BCUT2D eigenvalue weighted by atomic mass is 10.0. The van der Waals surface area contributed by atoms with Crippen LogP contribution in [0, 0.1) is 6.92 Å². The van der Waals surface area contributed by atoms with Gasteiger partial charge in [-0.25, -0.2) is 0 Å². The average molecular weight is 215 g/mol. The van der Waals surface area contributed by atoms with Gasteiger partial charge in [-0.3, -0.25) is 4.79 Å². The minimum absolute atomic E-state index is 0.0680. The van der Waals surface area contributed by atoms with E-state index >= 15 is 0 Å². The summed E-state index contributed by atoms with van der Waals surface area (Å²) in [6.07, 6.45) is 1.18. The molecule has 0 amide bonds. The Bertz CT molecular complexity index is 628. The molecule has 16 heavy (non-hydrogen) atoms. The van der Waals surface area contributed by atoms with Crippen LogP contribution in [0.15, 0.2) is 23.0 Å². The number of rotatable bonds is 0. The highest BCUT2D eigenvalue weighted by Crippen LogP contribution is 2.36. The van der Waals surface area contributed by atoms with Gasteiger partial charge in [-0.05, 0) is 31.0 Å². The fraction of sp³-hybridized carbons (Fsp3) is 0.308. The van der Waals surface area contributed by atoms with Crippen LogP contribution >= 0.6 is 0 Å². The third kappa shape index (κ3) is 1.24. The van der Waals surface area contributed by atoms with Gasteiger partial charge < -0.3 is 9.72 Å². The van der Waals surface area contributed by atoms with E-state index in [-0.39, 0.29) is 11.7 Å². The quantitative estimate of drug-likeness (QED) is 0.731. The zero-order chi connectivity index (χ0) is 11.3. The molecule has 1 aromatic carbocycles. The van der Waals surface area contributed by atoms with Crippen LogP contribution in [0.2, 0.25) is 0 Å². The Kier molecular flexibility index (Phi) is 1.84. The molecule has 1 aromatic heterocycles. The van der Waals surface area contributed by atoms with Crippen molar-refractivity contribution in [3.63, 3.8) is 0 Å². The largest absolute Gasteiger partial charge is 0.489 e. The molecular weight excluding hydrogens is 202 g/mol. The first-order valence-corrected chi connectivity index (χ1v) is 5.47. The zero-order valence-corrected chi connectivity index (χ0v) is 9.33. The molecule has 0 radical (unpaired) electrons. The van der Waals surface area contributed by atoms with E-state index in [1.54, 1.807) is 6.07 Å². The van der Waals surface area contributed by atoms with Crippen molar-refractivity contribution in [3.8, 4) is 5.75 Å². The van der Waals surface area contributed by atoms with E-state index in [1.807, 2.05) is 13.0 Å². The average Bonchev–Trinajstić information content (AvgIpc) is 2.59. The molecule has 3 rings (SSSR count). The van der Waals surface area contributed by atoms with Crippen LogP contribution in [0.5, 0.6) is 5.75 Å². The van der Waals surface area contributed by atoms with Crippen molar-refractivity contribution >= 4 is 10.9 Å². The van der Waals surface area contributed by atoms with E-state index < -0.39 is 0 Å². The highest BCUT2D eigenvalue weighted by Gasteiger charge is 2.22. The van der Waals surface area contributed by atoms with Gasteiger partial charge in [0.1, 0.15) is 11.9 Å². The third-order valence-electron chi connectivity index (χ3n) is 3.07. The number of hydrogen-bond donors (Lipinski definition) is 1. The van der Waals surface area contributed by atoms with Crippen LogP contribution in [0.25, 0.3) is 10.9 Å². The number of nitrogens with one attached hydrogen (secondary N) is 1. The first kappa shape index (κ1) is 9.46. The minimum atomic E-state index is -0.0680. The standard InChI is InChI=1S/C13H13NO2/c1-7-5-9-6-8(2)16-13(9)10-3-4-11(15)14-12(7)10/h3-5,8H,6H2,1-2H3,(H,14,15). The SMILES string of the molecule is Cc1cc2c(c3ccc(=O)[nH]c13)OC(C)C2. The Hall–Kier alpha value is -1.77. The van der Waals surface area contributed by atoms with Gasteiger partial charge in [-0.1, -0.05) is 6.07 Å². The van der Waals surface area contributed by atoms with Crippen LogP contribution in [0.4, 0.5) is 0 Å². The number of ether oxygens (including phenoxy) is 1. The molecule has 0 aliphatic carbocycles. The van der Waals surface area contributed by atoms with Gasteiger partial charge in [0.2, 0.25) is 5.56 Å². The summed E-state index contributed by atoms with van der Waals surface area (Å²) >= 11 is 0. The second-order valence-corrected chi connectivity index (χ2v) is 4.43. The summed E-state index contributed by atoms with van der Waals surface area (Å²) in [6, 6.07) is 5.50. The van der Waals surface area contributed by atoms with Crippen LogP contribution in [-0.2, 0) is 6.42 Å². The summed E-state index contributed by atoms with van der Waals surface area (Å²) in [5.41, 5.74) is 3.16. The van der Waals surface area contributed by atoms with E-state index in [0.717, 1.165) is 28.6 Å². The van der Waals surface area contributed by atoms with Gasteiger partial charge in [0.15, 0.2) is 0 Å². The second-order valence-electron chi connectivity index (χ2n) is 4.43. The van der Waals surface area contributed by atoms with Gasteiger partial charge in [0.25, 0.3) is 0 Å². The number of pyridine rings is 1. The van der Waals surface area contributed by atoms with E-state index in [0.29, 0.717) is 0 Å². The predicted octanol–water partition coefficient (Wildman–Crippen LogP) is 2.16. The van der Waals surface area contributed by atoms with Gasteiger partial charge >= 0.3 is 0 Å². The molecule has 1 atom stereocenters. The molecule has 2 aromatic rings. The molecule has 1 aliphatic heterocycles. The first-order chi connectivity index (χ1) is 7.65. The second kappa shape index (κ2) is 3.11. The molecule has 1 aliphatic rings. The van der Waals surface area contributed by atoms with Gasteiger partial charge in [0, 0.05) is 17.9 Å². The van der Waals surface area contributed by atoms with Crippen LogP contribution in [-0.4, -0.2) is 11.1 Å². The predicted molar refractivity (Wildman–Crippen MR) is 63.1 cm³/mol. The Balaban J connectivity index is 2.41. The van der Waals surface area contributed by atoms with Crippen molar-refractivity contribution in [1.82, 2.24) is 4.98 Å². The maximum absolute atomic E-state index is 11.3. The Morgan fingerprint density at radius 1 is 1.44 bits per heavy atom. The smallest absolute Gasteiger partial charge is 0.248 e. The molecule has 82 valence electrons. The number of H-pyrrole nitrogens is 1. The lowest BCUT2D eigenvalue weighted by Crippen LogP contribution is -2.06. The molecule has 0 saturated heterocycles.